The van der Waals surface area contributed by atoms with Crippen LogP contribution in [0.1, 0.15) is 17.0 Å². The predicted molar refractivity (Wildman–Crippen MR) is 115 cm³/mol. The van der Waals surface area contributed by atoms with Gasteiger partial charge < -0.3 is 10.5 Å². The second-order valence-electron chi connectivity index (χ2n) is 6.63. The Morgan fingerprint density at radius 2 is 1.80 bits per heavy atom. The van der Waals surface area contributed by atoms with Crippen LogP contribution in [0.4, 0.5) is 0 Å². The van der Waals surface area contributed by atoms with Crippen molar-refractivity contribution in [2.45, 2.75) is 5.92 Å². The molecule has 3 aromatic rings. The number of carbonyl (C=O) groups is 1. The Balaban J connectivity index is 2.12. The van der Waals surface area contributed by atoms with Gasteiger partial charge in [0.25, 0.3) is 5.56 Å². The summed E-state index contributed by atoms with van der Waals surface area (Å²) < 4.78 is 7.05. The van der Waals surface area contributed by atoms with Gasteiger partial charge in [0.2, 0.25) is 0 Å². The monoisotopic (exact) mass is 415 g/mol. The Morgan fingerprint density at radius 3 is 2.40 bits per heavy atom. The topological polar surface area (TPSA) is 98.1 Å². The minimum atomic E-state index is -0.716. The van der Waals surface area contributed by atoms with Gasteiger partial charge in [0.15, 0.2) is 0 Å². The van der Waals surface area contributed by atoms with Crippen LogP contribution in [0, 0.1) is 11.3 Å². The SMILES string of the molecule is COC(=O)C1=c2s/c(=C/c3ccccc3)c(=O)n2C(N)=C(C#N)[C@H]1c1ccccc1. The van der Waals surface area contributed by atoms with Crippen molar-refractivity contribution >= 4 is 34.8 Å². The average Bonchev–Trinajstić information content (AvgIpc) is 3.10. The van der Waals surface area contributed by atoms with E-state index < -0.39 is 11.9 Å². The lowest BCUT2D eigenvalue weighted by Crippen LogP contribution is -2.40. The zero-order valence-electron chi connectivity index (χ0n) is 16.0. The summed E-state index contributed by atoms with van der Waals surface area (Å²) >= 11 is 1.16. The van der Waals surface area contributed by atoms with Gasteiger partial charge >= 0.3 is 5.97 Å². The number of hydrogen-bond donors (Lipinski definition) is 1. The van der Waals surface area contributed by atoms with Crippen molar-refractivity contribution < 1.29 is 9.53 Å². The number of rotatable bonds is 3. The molecular formula is C23H17N3O3S. The Labute approximate surface area is 176 Å². The normalized spacial score (nSPS) is 16.2. The zero-order chi connectivity index (χ0) is 21.3. The molecule has 30 heavy (non-hydrogen) atoms. The molecule has 0 saturated heterocycles. The van der Waals surface area contributed by atoms with E-state index in [0.717, 1.165) is 22.5 Å². The largest absolute Gasteiger partial charge is 0.466 e. The van der Waals surface area contributed by atoms with Crippen molar-refractivity contribution in [2.24, 2.45) is 5.73 Å². The molecule has 7 heteroatoms. The first kappa shape index (κ1) is 19.4. The van der Waals surface area contributed by atoms with Crippen LogP contribution in [0.3, 0.4) is 0 Å². The second kappa shape index (κ2) is 7.85. The number of ether oxygens (including phenoxy) is 1. The molecule has 2 N–H and O–H groups in total. The number of nitrogens with two attached hydrogens (primary N) is 1. The first-order valence-corrected chi connectivity index (χ1v) is 9.94. The van der Waals surface area contributed by atoms with Gasteiger partial charge in [-0.3, -0.25) is 9.36 Å². The zero-order valence-corrected chi connectivity index (χ0v) is 16.8. The average molecular weight is 415 g/mol. The van der Waals surface area contributed by atoms with E-state index in [-0.39, 0.29) is 22.5 Å². The van der Waals surface area contributed by atoms with E-state index in [0.29, 0.717) is 9.20 Å². The lowest BCUT2D eigenvalue weighted by Gasteiger charge is -2.24. The van der Waals surface area contributed by atoms with Crippen LogP contribution in [0.2, 0.25) is 0 Å². The van der Waals surface area contributed by atoms with Gasteiger partial charge in [-0.15, -0.1) is 11.3 Å². The number of benzene rings is 2. The summed E-state index contributed by atoms with van der Waals surface area (Å²) in [7, 11) is 1.28. The van der Waals surface area contributed by atoms with Crippen molar-refractivity contribution in [2.75, 3.05) is 7.11 Å². The van der Waals surface area contributed by atoms with Crippen LogP contribution in [0.5, 0.6) is 0 Å². The van der Waals surface area contributed by atoms with Gasteiger partial charge in [-0.25, -0.2) is 4.79 Å². The highest BCUT2D eigenvalue weighted by molar-refractivity contribution is 7.07. The molecule has 0 bridgehead atoms. The molecule has 4 rings (SSSR count). The van der Waals surface area contributed by atoms with Crippen molar-refractivity contribution in [3.8, 4) is 6.07 Å². The molecule has 1 aliphatic heterocycles. The summed E-state index contributed by atoms with van der Waals surface area (Å²) in [6.45, 7) is 0. The first-order valence-electron chi connectivity index (χ1n) is 9.13. The van der Waals surface area contributed by atoms with Gasteiger partial charge in [0, 0.05) is 0 Å². The number of fused-ring (bicyclic) bond motifs is 1. The van der Waals surface area contributed by atoms with E-state index in [1.807, 2.05) is 60.7 Å². The van der Waals surface area contributed by atoms with Crippen LogP contribution >= 0.6 is 11.3 Å². The molecule has 0 aliphatic carbocycles. The molecule has 2 heterocycles. The molecule has 0 saturated carbocycles. The minimum Gasteiger partial charge on any atom is -0.466 e. The number of allylic oxidation sites excluding steroid dienone is 1. The van der Waals surface area contributed by atoms with Crippen molar-refractivity contribution in [1.82, 2.24) is 4.57 Å². The Morgan fingerprint density at radius 1 is 1.17 bits per heavy atom. The van der Waals surface area contributed by atoms with Crippen molar-refractivity contribution in [1.29, 1.82) is 5.26 Å². The molecule has 1 aliphatic rings. The van der Waals surface area contributed by atoms with E-state index in [2.05, 4.69) is 6.07 Å². The van der Waals surface area contributed by atoms with Crippen LogP contribution in [0.15, 0.2) is 71.0 Å². The molecule has 0 fully saturated rings. The maximum Gasteiger partial charge on any atom is 0.337 e. The fourth-order valence-electron chi connectivity index (χ4n) is 3.53. The smallest absolute Gasteiger partial charge is 0.337 e. The summed E-state index contributed by atoms with van der Waals surface area (Å²) in [4.78, 5) is 26.0. The Bertz CT molecular complexity index is 1380. The highest BCUT2D eigenvalue weighted by Gasteiger charge is 2.35. The van der Waals surface area contributed by atoms with Crippen LogP contribution in [-0.4, -0.2) is 17.6 Å². The summed E-state index contributed by atoms with van der Waals surface area (Å²) in [5.74, 6) is -1.29. The third kappa shape index (κ3) is 3.13. The van der Waals surface area contributed by atoms with Gasteiger partial charge in [-0.2, -0.15) is 5.26 Å². The third-order valence-electron chi connectivity index (χ3n) is 4.90. The number of esters is 1. The van der Waals surface area contributed by atoms with Crippen LogP contribution in [-0.2, 0) is 9.53 Å². The molecule has 0 amide bonds. The number of nitriles is 1. The number of hydrogen-bond acceptors (Lipinski definition) is 6. The summed E-state index contributed by atoms with van der Waals surface area (Å²) in [6.07, 6.45) is 1.74. The molecule has 6 nitrogen and oxygen atoms in total. The molecule has 1 aromatic heterocycles. The molecular weight excluding hydrogens is 398 g/mol. The molecule has 0 radical (unpaired) electrons. The van der Waals surface area contributed by atoms with Crippen LogP contribution < -0.4 is 20.5 Å². The fourth-order valence-corrected chi connectivity index (χ4v) is 4.70. The van der Waals surface area contributed by atoms with Gasteiger partial charge in [-0.05, 0) is 17.2 Å². The summed E-state index contributed by atoms with van der Waals surface area (Å²) in [6, 6.07) is 20.6. The standard InChI is InChI=1S/C23H17N3O3S/c1-29-23(28)19-18(15-10-6-3-7-11-15)16(13-24)20(25)26-21(27)17(30-22(19)26)12-14-8-4-2-5-9-14/h2-12,18H,25H2,1H3/b17-12+/t18-/m1/s1. The lowest BCUT2D eigenvalue weighted by atomic mass is 9.84. The molecule has 0 spiro atoms. The van der Waals surface area contributed by atoms with Gasteiger partial charge in [0.1, 0.15) is 10.5 Å². The third-order valence-corrected chi connectivity index (χ3v) is 6.01. The van der Waals surface area contributed by atoms with E-state index in [1.165, 1.54) is 11.7 Å². The molecule has 0 unspecified atom stereocenters. The second-order valence-corrected chi connectivity index (χ2v) is 7.66. The number of carbonyl (C=O) groups excluding carboxylic acids is 1. The summed E-state index contributed by atoms with van der Waals surface area (Å²) in [5.41, 5.74) is 7.84. The number of aromatic nitrogens is 1. The Kier molecular flexibility index (Phi) is 5.09. The Hall–Kier alpha value is -3.89. The highest BCUT2D eigenvalue weighted by Crippen LogP contribution is 2.36. The lowest BCUT2D eigenvalue weighted by molar-refractivity contribution is -0.134. The maximum atomic E-state index is 13.1. The van der Waals surface area contributed by atoms with Crippen molar-refractivity contribution in [3.05, 3.63) is 96.9 Å². The maximum absolute atomic E-state index is 13.1. The number of nitrogens with zero attached hydrogens (tertiary/aromatic N) is 2. The van der Waals surface area contributed by atoms with Gasteiger partial charge in [0.05, 0.1) is 34.8 Å². The number of methoxy groups -OCH3 is 1. The molecule has 2 aromatic carbocycles. The van der Waals surface area contributed by atoms with Crippen molar-refractivity contribution in [3.63, 3.8) is 0 Å². The number of thiazole rings is 1. The van der Waals surface area contributed by atoms with E-state index in [4.69, 9.17) is 10.5 Å². The minimum absolute atomic E-state index is 0.0305. The first-order chi connectivity index (χ1) is 14.6. The molecule has 148 valence electrons. The fraction of sp³-hybridized carbons (Fsp3) is 0.0870. The molecule has 1 atom stereocenters. The van der Waals surface area contributed by atoms with Crippen LogP contribution in [0.25, 0.3) is 17.5 Å². The highest BCUT2D eigenvalue weighted by atomic mass is 32.1. The van der Waals surface area contributed by atoms with E-state index in [9.17, 15) is 14.9 Å². The summed E-state index contributed by atoms with van der Waals surface area (Å²) in [5, 5.41) is 9.85. The predicted octanol–water partition coefficient (Wildman–Crippen LogP) is 1.51. The van der Waals surface area contributed by atoms with E-state index >= 15 is 0 Å². The quantitative estimate of drug-likeness (QED) is 0.654. The van der Waals surface area contributed by atoms with E-state index in [1.54, 1.807) is 6.08 Å². The van der Waals surface area contributed by atoms with Gasteiger partial charge in [-0.1, -0.05) is 60.7 Å².